The number of hydrogen-bond acceptors (Lipinski definition) is 3. The molecule has 1 saturated carbocycles. The first-order chi connectivity index (χ1) is 7.69. The smallest absolute Gasteiger partial charge is 0.333 e. The minimum absolute atomic E-state index is 0.158. The van der Waals surface area contributed by atoms with Crippen molar-refractivity contribution in [3.63, 3.8) is 0 Å². The highest BCUT2D eigenvalue weighted by atomic mass is 16.5. The van der Waals surface area contributed by atoms with Crippen LogP contribution in [0, 0.1) is 5.92 Å². The number of hydrogen-bond donors (Lipinski definition) is 0. The van der Waals surface area contributed by atoms with E-state index in [2.05, 4.69) is 11.3 Å². The summed E-state index contributed by atoms with van der Waals surface area (Å²) < 4.78 is 10.2. The van der Waals surface area contributed by atoms with Crippen LogP contribution in [0.15, 0.2) is 24.5 Å². The van der Waals surface area contributed by atoms with Crippen molar-refractivity contribution in [1.29, 1.82) is 0 Å². The lowest BCUT2D eigenvalue weighted by Gasteiger charge is -2.28. The first-order valence-corrected chi connectivity index (χ1v) is 5.72. The third-order valence-corrected chi connectivity index (χ3v) is 3.00. The number of rotatable bonds is 4. The molecule has 0 amide bonds. The van der Waals surface area contributed by atoms with Gasteiger partial charge in [0, 0.05) is 11.5 Å². The Labute approximate surface area is 97.1 Å². The zero-order chi connectivity index (χ0) is 12.0. The summed E-state index contributed by atoms with van der Waals surface area (Å²) in [6, 6.07) is 0. The molecule has 0 aliphatic heterocycles. The molecule has 2 unspecified atom stereocenters. The van der Waals surface area contributed by atoms with Gasteiger partial charge in [-0.25, -0.2) is 4.79 Å². The zero-order valence-electron chi connectivity index (χ0n) is 10.1. The molecular weight excluding hydrogens is 204 g/mol. The molecule has 3 nitrogen and oxygen atoms in total. The molecule has 0 bridgehead atoms. The van der Waals surface area contributed by atoms with E-state index in [1.807, 2.05) is 6.08 Å². The van der Waals surface area contributed by atoms with Crippen LogP contribution in [0.4, 0.5) is 0 Å². The van der Waals surface area contributed by atoms with Crippen LogP contribution in [-0.2, 0) is 14.3 Å². The minimum Gasteiger partial charge on any atom is -0.498 e. The fourth-order valence-electron chi connectivity index (χ4n) is 2.16. The molecule has 0 radical (unpaired) electrons. The predicted octanol–water partition coefficient (Wildman–Crippen LogP) is 2.82. The van der Waals surface area contributed by atoms with E-state index >= 15 is 0 Å². The zero-order valence-corrected chi connectivity index (χ0v) is 10.1. The van der Waals surface area contributed by atoms with Gasteiger partial charge in [0.2, 0.25) is 0 Å². The molecule has 1 fully saturated rings. The van der Waals surface area contributed by atoms with Gasteiger partial charge in [-0.3, -0.25) is 0 Å². The van der Waals surface area contributed by atoms with Crippen LogP contribution in [0.1, 0.15) is 32.6 Å². The fourth-order valence-corrected chi connectivity index (χ4v) is 2.16. The third-order valence-electron chi connectivity index (χ3n) is 3.00. The van der Waals surface area contributed by atoms with Crippen LogP contribution in [-0.4, -0.2) is 19.2 Å². The van der Waals surface area contributed by atoms with Crippen LogP contribution in [0.5, 0.6) is 0 Å². The third kappa shape index (κ3) is 3.40. The van der Waals surface area contributed by atoms with Crippen molar-refractivity contribution in [3.05, 3.63) is 24.5 Å². The quantitative estimate of drug-likeness (QED) is 0.418. The first kappa shape index (κ1) is 12.8. The van der Waals surface area contributed by atoms with Crippen LogP contribution >= 0.6 is 0 Å². The Hall–Kier alpha value is -1.25. The van der Waals surface area contributed by atoms with Gasteiger partial charge in [-0.1, -0.05) is 19.1 Å². The van der Waals surface area contributed by atoms with Gasteiger partial charge in [-0.2, -0.15) is 0 Å². The molecule has 0 N–H and O–H groups in total. The second kappa shape index (κ2) is 6.36. The summed E-state index contributed by atoms with van der Waals surface area (Å²) >= 11 is 0. The standard InChI is InChI=1S/C13H20O3/c1-4-16-12-8-6-5-7-11(12)9-10(2)13(14)15-3/h4,9,11-12H,1,5-8H2,2-3H3/b10-9+. The van der Waals surface area contributed by atoms with Gasteiger partial charge < -0.3 is 9.47 Å². The molecular formula is C13H20O3. The molecule has 0 aromatic rings. The second-order valence-electron chi connectivity index (χ2n) is 4.13. The summed E-state index contributed by atoms with van der Waals surface area (Å²) in [6.45, 7) is 5.37. The maximum Gasteiger partial charge on any atom is 0.333 e. The largest absolute Gasteiger partial charge is 0.498 e. The summed E-state index contributed by atoms with van der Waals surface area (Å²) in [6.07, 6.45) is 8.08. The van der Waals surface area contributed by atoms with E-state index in [0.29, 0.717) is 11.5 Å². The highest BCUT2D eigenvalue weighted by Crippen LogP contribution is 2.29. The van der Waals surface area contributed by atoms with Gasteiger partial charge in [0.15, 0.2) is 0 Å². The molecule has 0 aromatic carbocycles. The van der Waals surface area contributed by atoms with Gasteiger partial charge in [0.05, 0.1) is 13.4 Å². The van der Waals surface area contributed by atoms with Crippen LogP contribution < -0.4 is 0 Å². The topological polar surface area (TPSA) is 35.5 Å². The summed E-state index contributed by atoms with van der Waals surface area (Å²) in [5.74, 6) is 0.0359. The van der Waals surface area contributed by atoms with Gasteiger partial charge in [0.1, 0.15) is 6.10 Å². The van der Waals surface area contributed by atoms with Crippen molar-refractivity contribution in [2.45, 2.75) is 38.7 Å². The van der Waals surface area contributed by atoms with E-state index in [4.69, 9.17) is 4.74 Å². The van der Waals surface area contributed by atoms with Gasteiger partial charge >= 0.3 is 5.97 Å². The van der Waals surface area contributed by atoms with Gasteiger partial charge in [-0.05, 0) is 26.2 Å². The number of esters is 1. The average molecular weight is 224 g/mol. The summed E-state index contributed by atoms with van der Waals surface area (Å²) in [5.41, 5.74) is 0.659. The van der Waals surface area contributed by atoms with E-state index in [0.717, 1.165) is 12.8 Å². The molecule has 0 aromatic heterocycles. The Morgan fingerprint density at radius 2 is 2.06 bits per heavy atom. The SMILES string of the molecule is C=COC1CCCCC1/C=C(\C)C(=O)OC. The van der Waals surface area contributed by atoms with Crippen LogP contribution in [0.3, 0.4) is 0 Å². The van der Waals surface area contributed by atoms with Gasteiger partial charge in [-0.15, -0.1) is 0 Å². The monoisotopic (exact) mass is 224 g/mol. The van der Waals surface area contributed by atoms with E-state index < -0.39 is 0 Å². The molecule has 1 aliphatic carbocycles. The number of carbonyl (C=O) groups is 1. The van der Waals surface area contributed by atoms with Gasteiger partial charge in [0.25, 0.3) is 0 Å². The maximum atomic E-state index is 11.3. The molecule has 2 atom stereocenters. The Morgan fingerprint density at radius 3 is 2.69 bits per heavy atom. The molecule has 0 heterocycles. The Bertz CT molecular complexity index is 281. The highest BCUT2D eigenvalue weighted by Gasteiger charge is 2.24. The Morgan fingerprint density at radius 1 is 1.38 bits per heavy atom. The molecule has 1 aliphatic rings. The van der Waals surface area contributed by atoms with Crippen LogP contribution in [0.2, 0.25) is 0 Å². The van der Waals surface area contributed by atoms with Crippen molar-refractivity contribution < 1.29 is 14.3 Å². The summed E-state index contributed by atoms with van der Waals surface area (Å²) in [5, 5.41) is 0. The van der Waals surface area contributed by atoms with Crippen molar-refractivity contribution in [1.82, 2.24) is 0 Å². The lowest BCUT2D eigenvalue weighted by atomic mass is 9.85. The van der Waals surface area contributed by atoms with E-state index in [1.165, 1.54) is 26.2 Å². The Kier molecular flexibility index (Phi) is 5.09. The van der Waals surface area contributed by atoms with Crippen molar-refractivity contribution in [3.8, 4) is 0 Å². The molecule has 0 saturated heterocycles. The Balaban J connectivity index is 2.67. The number of ether oxygens (including phenoxy) is 2. The fraction of sp³-hybridized carbons (Fsp3) is 0.615. The molecule has 0 spiro atoms. The second-order valence-corrected chi connectivity index (χ2v) is 4.13. The van der Waals surface area contributed by atoms with Crippen LogP contribution in [0.25, 0.3) is 0 Å². The minimum atomic E-state index is -0.261. The molecule has 90 valence electrons. The van der Waals surface area contributed by atoms with Crippen molar-refractivity contribution >= 4 is 5.97 Å². The highest BCUT2D eigenvalue weighted by molar-refractivity contribution is 5.87. The van der Waals surface area contributed by atoms with Crippen molar-refractivity contribution in [2.24, 2.45) is 5.92 Å². The first-order valence-electron chi connectivity index (χ1n) is 5.72. The van der Waals surface area contributed by atoms with E-state index in [9.17, 15) is 4.79 Å². The summed E-state index contributed by atoms with van der Waals surface area (Å²) in [7, 11) is 1.40. The molecule has 3 heteroatoms. The molecule has 16 heavy (non-hydrogen) atoms. The number of methoxy groups -OCH3 is 1. The van der Waals surface area contributed by atoms with Crippen molar-refractivity contribution in [2.75, 3.05) is 7.11 Å². The maximum absolute atomic E-state index is 11.3. The van der Waals surface area contributed by atoms with E-state index in [-0.39, 0.29) is 12.1 Å². The normalized spacial score (nSPS) is 26.0. The average Bonchev–Trinajstić information content (AvgIpc) is 2.31. The molecule has 1 rings (SSSR count). The number of carbonyl (C=O) groups excluding carboxylic acids is 1. The van der Waals surface area contributed by atoms with E-state index in [1.54, 1.807) is 6.92 Å². The predicted molar refractivity (Wildman–Crippen MR) is 62.8 cm³/mol. The summed E-state index contributed by atoms with van der Waals surface area (Å²) in [4.78, 5) is 11.3. The lowest BCUT2D eigenvalue weighted by Crippen LogP contribution is -2.25. The lowest BCUT2D eigenvalue weighted by molar-refractivity contribution is -0.136.